The molecule has 1 fully saturated rings. The van der Waals surface area contributed by atoms with Crippen molar-refractivity contribution in [2.24, 2.45) is 4.99 Å². The van der Waals surface area contributed by atoms with Crippen molar-refractivity contribution in [2.75, 3.05) is 5.32 Å². The van der Waals surface area contributed by atoms with Gasteiger partial charge in [0.1, 0.15) is 0 Å². The van der Waals surface area contributed by atoms with Crippen LogP contribution in [0, 0.1) is 13.8 Å². The Hall–Kier alpha value is -2.45. The number of amidine groups is 1. The minimum absolute atomic E-state index is 0.107. The zero-order chi connectivity index (χ0) is 14.5. The molecule has 2 aliphatic heterocycles. The van der Waals surface area contributed by atoms with Crippen molar-refractivity contribution >= 4 is 29.1 Å². The SMILES string of the molecule is Cc1cc2c(cc1C)NC1(OO)C(=O)NC(=O)NC1=N2. The molecule has 8 heteroatoms. The second-order valence-electron chi connectivity index (χ2n) is 4.72. The number of nitrogens with zero attached hydrogens (tertiary/aromatic N) is 1. The van der Waals surface area contributed by atoms with E-state index in [4.69, 9.17) is 5.26 Å². The van der Waals surface area contributed by atoms with Gasteiger partial charge in [0.15, 0.2) is 5.84 Å². The highest BCUT2D eigenvalue weighted by Crippen LogP contribution is 2.36. The van der Waals surface area contributed by atoms with Crippen molar-refractivity contribution in [1.29, 1.82) is 0 Å². The topological polar surface area (TPSA) is 112 Å². The Kier molecular flexibility index (Phi) is 2.53. The first kappa shape index (κ1) is 12.6. The number of carbonyl (C=O) groups is 2. The number of aryl methyl sites for hydroxylation is 2. The van der Waals surface area contributed by atoms with Crippen molar-refractivity contribution in [3.05, 3.63) is 23.3 Å². The lowest BCUT2D eigenvalue weighted by Crippen LogP contribution is -2.71. The number of imide groups is 1. The van der Waals surface area contributed by atoms with E-state index in [9.17, 15) is 9.59 Å². The number of rotatable bonds is 1. The maximum atomic E-state index is 12.0. The van der Waals surface area contributed by atoms with Crippen LogP contribution in [0.4, 0.5) is 16.2 Å². The van der Waals surface area contributed by atoms with Crippen LogP contribution in [0.15, 0.2) is 17.1 Å². The Labute approximate surface area is 113 Å². The molecule has 0 spiro atoms. The summed E-state index contributed by atoms with van der Waals surface area (Å²) in [6, 6.07) is 2.87. The second kappa shape index (κ2) is 4.02. The summed E-state index contributed by atoms with van der Waals surface area (Å²) in [5, 5.41) is 16.3. The molecule has 20 heavy (non-hydrogen) atoms. The van der Waals surface area contributed by atoms with E-state index in [2.05, 4.69) is 20.5 Å². The van der Waals surface area contributed by atoms with E-state index in [1.165, 1.54) is 0 Å². The minimum atomic E-state index is -1.94. The van der Waals surface area contributed by atoms with Crippen LogP contribution in [0.2, 0.25) is 0 Å². The number of aliphatic imine (C=N–C) groups is 1. The van der Waals surface area contributed by atoms with Gasteiger partial charge in [0.05, 0.1) is 11.4 Å². The van der Waals surface area contributed by atoms with Crippen LogP contribution in [0.3, 0.4) is 0 Å². The summed E-state index contributed by atoms with van der Waals surface area (Å²) in [6.45, 7) is 3.83. The van der Waals surface area contributed by atoms with Crippen LogP contribution in [0.25, 0.3) is 0 Å². The smallest absolute Gasteiger partial charge is 0.327 e. The summed E-state index contributed by atoms with van der Waals surface area (Å²) in [5.74, 6) is -0.948. The van der Waals surface area contributed by atoms with Crippen LogP contribution in [0.1, 0.15) is 11.1 Å². The van der Waals surface area contributed by atoms with Crippen molar-refractivity contribution in [3.63, 3.8) is 0 Å². The number of benzene rings is 1. The molecule has 0 radical (unpaired) electrons. The Balaban J connectivity index is 2.18. The molecule has 1 aromatic carbocycles. The Morgan fingerprint density at radius 2 is 1.90 bits per heavy atom. The van der Waals surface area contributed by atoms with Crippen LogP contribution in [0.5, 0.6) is 0 Å². The summed E-state index contributed by atoms with van der Waals surface area (Å²) in [4.78, 5) is 31.8. The zero-order valence-electron chi connectivity index (χ0n) is 10.8. The minimum Gasteiger partial charge on any atom is -0.339 e. The van der Waals surface area contributed by atoms with E-state index >= 15 is 0 Å². The van der Waals surface area contributed by atoms with Crippen LogP contribution in [-0.4, -0.2) is 28.8 Å². The van der Waals surface area contributed by atoms with Gasteiger partial charge in [-0.1, -0.05) is 0 Å². The van der Waals surface area contributed by atoms with Gasteiger partial charge in [0.25, 0.3) is 5.91 Å². The summed E-state index contributed by atoms with van der Waals surface area (Å²) in [6.07, 6.45) is 0. The van der Waals surface area contributed by atoms with Crippen molar-refractivity contribution in [1.82, 2.24) is 10.6 Å². The standard InChI is InChI=1S/C12H12N4O4/c1-5-3-7-8(4-6(5)2)16-12(20-19)9(13-7)14-11(18)15-10(12)17/h3-4,16,19H,1-2H3,(H2,13,14,15,17,18). The first-order valence-corrected chi connectivity index (χ1v) is 5.90. The van der Waals surface area contributed by atoms with Crippen molar-refractivity contribution in [3.8, 4) is 0 Å². The van der Waals surface area contributed by atoms with Gasteiger partial charge in [-0.15, -0.1) is 0 Å². The van der Waals surface area contributed by atoms with E-state index in [1.54, 1.807) is 6.07 Å². The summed E-state index contributed by atoms with van der Waals surface area (Å²) < 4.78 is 0. The molecule has 0 aromatic heterocycles. The third kappa shape index (κ3) is 1.59. The number of urea groups is 1. The molecule has 4 N–H and O–H groups in total. The normalized spacial score (nSPS) is 23.9. The maximum absolute atomic E-state index is 12.0. The molecule has 1 aromatic rings. The van der Waals surface area contributed by atoms with Gasteiger partial charge in [-0.2, -0.15) is 4.89 Å². The Bertz CT molecular complexity index is 670. The highest BCUT2D eigenvalue weighted by atomic mass is 17.1. The molecule has 1 atom stereocenters. The Morgan fingerprint density at radius 3 is 2.60 bits per heavy atom. The number of amides is 3. The molecule has 3 amide bonds. The molecule has 1 unspecified atom stereocenters. The maximum Gasteiger partial charge on any atom is 0.327 e. The lowest BCUT2D eigenvalue weighted by molar-refractivity contribution is -0.284. The number of hydrogen-bond donors (Lipinski definition) is 4. The number of anilines is 1. The summed E-state index contributed by atoms with van der Waals surface area (Å²) >= 11 is 0. The van der Waals surface area contributed by atoms with Crippen molar-refractivity contribution in [2.45, 2.75) is 19.6 Å². The molecule has 1 saturated heterocycles. The third-order valence-corrected chi connectivity index (χ3v) is 3.40. The molecular formula is C12H12N4O4. The van der Waals surface area contributed by atoms with E-state index < -0.39 is 17.7 Å². The number of hydrogen-bond acceptors (Lipinski definition) is 6. The molecule has 0 bridgehead atoms. The fourth-order valence-electron chi connectivity index (χ4n) is 2.16. The highest BCUT2D eigenvalue weighted by Gasteiger charge is 2.53. The highest BCUT2D eigenvalue weighted by molar-refractivity contribution is 6.26. The van der Waals surface area contributed by atoms with Gasteiger partial charge in [-0.25, -0.2) is 15.0 Å². The average molecular weight is 276 g/mol. The lowest BCUT2D eigenvalue weighted by Gasteiger charge is -2.37. The first-order chi connectivity index (χ1) is 9.46. The number of carbonyl (C=O) groups excluding carboxylic acids is 2. The Morgan fingerprint density at radius 1 is 1.20 bits per heavy atom. The predicted octanol–water partition coefficient (Wildman–Crippen LogP) is 0.784. The summed E-state index contributed by atoms with van der Waals surface area (Å²) in [5.41, 5.74) is 1.13. The van der Waals surface area contributed by atoms with E-state index in [0.717, 1.165) is 11.1 Å². The monoisotopic (exact) mass is 276 g/mol. The van der Waals surface area contributed by atoms with Crippen LogP contribution in [-0.2, 0) is 9.68 Å². The van der Waals surface area contributed by atoms with E-state index in [0.29, 0.717) is 11.4 Å². The van der Waals surface area contributed by atoms with Gasteiger partial charge >= 0.3 is 11.8 Å². The van der Waals surface area contributed by atoms with Gasteiger partial charge < -0.3 is 5.32 Å². The molecule has 2 heterocycles. The second-order valence-corrected chi connectivity index (χ2v) is 4.72. The largest absolute Gasteiger partial charge is 0.339 e. The average Bonchev–Trinajstić information content (AvgIpc) is 2.39. The first-order valence-electron chi connectivity index (χ1n) is 5.90. The van der Waals surface area contributed by atoms with Crippen LogP contribution < -0.4 is 16.0 Å². The van der Waals surface area contributed by atoms with E-state index in [-0.39, 0.29) is 5.84 Å². The van der Waals surface area contributed by atoms with Gasteiger partial charge in [0, 0.05) is 0 Å². The zero-order valence-corrected chi connectivity index (χ0v) is 10.8. The van der Waals surface area contributed by atoms with Gasteiger partial charge in [-0.05, 0) is 37.1 Å². The predicted molar refractivity (Wildman–Crippen MR) is 69.8 cm³/mol. The van der Waals surface area contributed by atoms with Gasteiger partial charge in [-0.3, -0.25) is 15.4 Å². The number of fused-ring (bicyclic) bond motifs is 2. The fourth-order valence-corrected chi connectivity index (χ4v) is 2.16. The molecule has 0 aliphatic carbocycles. The molecular weight excluding hydrogens is 264 g/mol. The number of nitrogens with one attached hydrogen (secondary N) is 3. The molecule has 3 rings (SSSR count). The quantitative estimate of drug-likeness (QED) is 0.447. The molecule has 104 valence electrons. The third-order valence-electron chi connectivity index (χ3n) is 3.40. The van der Waals surface area contributed by atoms with Gasteiger partial charge in [0.2, 0.25) is 0 Å². The molecule has 2 aliphatic rings. The van der Waals surface area contributed by atoms with E-state index in [1.807, 2.05) is 25.2 Å². The molecule has 8 nitrogen and oxygen atoms in total. The van der Waals surface area contributed by atoms with Crippen LogP contribution >= 0.6 is 0 Å². The molecule has 0 saturated carbocycles. The van der Waals surface area contributed by atoms with Crippen molar-refractivity contribution < 1.29 is 19.7 Å². The fraction of sp³-hybridized carbons (Fsp3) is 0.250. The summed E-state index contributed by atoms with van der Waals surface area (Å²) in [7, 11) is 0. The lowest BCUT2D eigenvalue weighted by atomic mass is 10.0.